The standard InChI is InChI=1S/C12H19N5O2S/c1-13-20(18,19)11-4-3-7-14-12(11)16-15-10-5-8-17(2)9-6-10/h3-4,7,13H,5-6,8-9H2,1-2H3,(H,14,16). The second kappa shape index (κ2) is 6.29. The van der Waals surface area contributed by atoms with Crippen LogP contribution in [0.15, 0.2) is 28.3 Å². The van der Waals surface area contributed by atoms with Crippen molar-refractivity contribution in [2.24, 2.45) is 5.10 Å². The number of nitrogens with zero attached hydrogens (tertiary/aromatic N) is 3. The number of hydrazone groups is 1. The molecule has 0 radical (unpaired) electrons. The Hall–Kier alpha value is -1.51. The van der Waals surface area contributed by atoms with E-state index in [2.05, 4.69) is 32.2 Å². The van der Waals surface area contributed by atoms with Crippen LogP contribution in [0.4, 0.5) is 5.82 Å². The van der Waals surface area contributed by atoms with E-state index in [4.69, 9.17) is 0 Å². The van der Waals surface area contributed by atoms with E-state index < -0.39 is 10.0 Å². The van der Waals surface area contributed by atoms with Crippen molar-refractivity contribution in [3.8, 4) is 0 Å². The van der Waals surface area contributed by atoms with E-state index in [-0.39, 0.29) is 10.7 Å². The Balaban J connectivity index is 2.16. The largest absolute Gasteiger partial charge is 0.306 e. The van der Waals surface area contributed by atoms with E-state index in [1.807, 2.05) is 0 Å². The molecule has 0 saturated carbocycles. The quantitative estimate of drug-likeness (QED) is 0.790. The average molecular weight is 297 g/mol. The Morgan fingerprint density at radius 1 is 1.35 bits per heavy atom. The number of hydrogen-bond donors (Lipinski definition) is 2. The number of hydrogen-bond acceptors (Lipinski definition) is 6. The van der Waals surface area contributed by atoms with Crippen LogP contribution in [0.25, 0.3) is 0 Å². The molecule has 0 unspecified atom stereocenters. The highest BCUT2D eigenvalue weighted by Crippen LogP contribution is 2.17. The van der Waals surface area contributed by atoms with Gasteiger partial charge in [-0.05, 0) is 26.2 Å². The maximum absolute atomic E-state index is 11.9. The molecule has 1 aliphatic rings. The molecule has 8 heteroatoms. The number of piperidine rings is 1. The maximum Gasteiger partial charge on any atom is 0.244 e. The van der Waals surface area contributed by atoms with Crippen molar-refractivity contribution in [3.63, 3.8) is 0 Å². The third kappa shape index (κ3) is 3.53. The number of likely N-dealkylation sites (tertiary alicyclic amines) is 1. The van der Waals surface area contributed by atoms with Crippen molar-refractivity contribution >= 4 is 21.6 Å². The predicted octanol–water partition coefficient (Wildman–Crippen LogP) is 0.483. The number of rotatable bonds is 4. The molecule has 0 amide bonds. The maximum atomic E-state index is 11.9. The van der Waals surface area contributed by atoms with Crippen molar-refractivity contribution in [3.05, 3.63) is 18.3 Å². The van der Waals surface area contributed by atoms with Crippen LogP contribution in [-0.4, -0.2) is 51.2 Å². The van der Waals surface area contributed by atoms with Crippen LogP contribution in [0.3, 0.4) is 0 Å². The van der Waals surface area contributed by atoms with Crippen molar-refractivity contribution in [2.75, 3.05) is 32.6 Å². The number of pyridine rings is 1. The SMILES string of the molecule is CNS(=O)(=O)c1cccnc1NN=C1CCN(C)CC1. The minimum atomic E-state index is -3.54. The van der Waals surface area contributed by atoms with Gasteiger partial charge in [0.15, 0.2) is 5.82 Å². The highest BCUT2D eigenvalue weighted by molar-refractivity contribution is 7.89. The summed E-state index contributed by atoms with van der Waals surface area (Å²) in [6, 6.07) is 3.08. The van der Waals surface area contributed by atoms with Gasteiger partial charge >= 0.3 is 0 Å². The molecule has 110 valence electrons. The van der Waals surface area contributed by atoms with E-state index in [1.54, 1.807) is 6.07 Å². The number of aromatic nitrogens is 1. The summed E-state index contributed by atoms with van der Waals surface area (Å²) in [7, 11) is -0.103. The van der Waals surface area contributed by atoms with Crippen LogP contribution in [0.5, 0.6) is 0 Å². The Morgan fingerprint density at radius 2 is 2.05 bits per heavy atom. The highest BCUT2D eigenvalue weighted by atomic mass is 32.2. The summed E-state index contributed by atoms with van der Waals surface area (Å²) in [4.78, 5) is 6.37. The zero-order chi connectivity index (χ0) is 14.6. The molecule has 1 fully saturated rings. The molecule has 2 N–H and O–H groups in total. The molecule has 1 saturated heterocycles. The van der Waals surface area contributed by atoms with Gasteiger partial charge in [-0.2, -0.15) is 5.10 Å². The van der Waals surface area contributed by atoms with Gasteiger partial charge in [0.2, 0.25) is 10.0 Å². The lowest BCUT2D eigenvalue weighted by atomic mass is 10.1. The van der Waals surface area contributed by atoms with Gasteiger partial charge in [0.25, 0.3) is 0 Å². The summed E-state index contributed by atoms with van der Waals surface area (Å²) in [6.07, 6.45) is 3.29. The van der Waals surface area contributed by atoms with Gasteiger partial charge in [0.1, 0.15) is 4.90 Å². The smallest absolute Gasteiger partial charge is 0.244 e. The molecule has 0 atom stereocenters. The van der Waals surface area contributed by atoms with Crippen LogP contribution < -0.4 is 10.1 Å². The molecule has 1 aromatic rings. The molecule has 20 heavy (non-hydrogen) atoms. The van der Waals surface area contributed by atoms with Crippen molar-refractivity contribution in [2.45, 2.75) is 17.7 Å². The van der Waals surface area contributed by atoms with E-state index in [0.717, 1.165) is 31.6 Å². The van der Waals surface area contributed by atoms with Gasteiger partial charge in [-0.25, -0.2) is 18.1 Å². The zero-order valence-corrected chi connectivity index (χ0v) is 12.4. The van der Waals surface area contributed by atoms with E-state index >= 15 is 0 Å². The van der Waals surface area contributed by atoms with Crippen LogP contribution in [0, 0.1) is 0 Å². The van der Waals surface area contributed by atoms with E-state index in [9.17, 15) is 8.42 Å². The van der Waals surface area contributed by atoms with Gasteiger partial charge in [-0.15, -0.1) is 0 Å². The minimum absolute atomic E-state index is 0.0970. The summed E-state index contributed by atoms with van der Waals surface area (Å²) >= 11 is 0. The summed E-state index contributed by atoms with van der Waals surface area (Å²) in [5, 5.41) is 4.28. The molecule has 2 rings (SSSR count). The third-order valence-corrected chi connectivity index (χ3v) is 4.66. The van der Waals surface area contributed by atoms with Gasteiger partial charge in [-0.1, -0.05) is 0 Å². The highest BCUT2D eigenvalue weighted by Gasteiger charge is 2.17. The lowest BCUT2D eigenvalue weighted by molar-refractivity contribution is 0.336. The van der Waals surface area contributed by atoms with Crippen LogP contribution >= 0.6 is 0 Å². The van der Waals surface area contributed by atoms with E-state index in [1.165, 1.54) is 19.3 Å². The Kier molecular flexibility index (Phi) is 4.69. The molecule has 0 bridgehead atoms. The normalized spacial score (nSPS) is 17.0. The first-order valence-electron chi connectivity index (χ1n) is 6.41. The van der Waals surface area contributed by atoms with Crippen LogP contribution in [0.2, 0.25) is 0 Å². The van der Waals surface area contributed by atoms with Crippen molar-refractivity contribution in [1.82, 2.24) is 14.6 Å². The lowest BCUT2D eigenvalue weighted by Crippen LogP contribution is -2.30. The number of anilines is 1. The van der Waals surface area contributed by atoms with Crippen LogP contribution in [0.1, 0.15) is 12.8 Å². The Bertz CT molecular complexity index is 590. The molecule has 0 spiro atoms. The third-order valence-electron chi connectivity index (χ3n) is 3.21. The molecular formula is C12H19N5O2S. The lowest BCUT2D eigenvalue weighted by Gasteiger charge is -2.22. The minimum Gasteiger partial charge on any atom is -0.306 e. The summed E-state index contributed by atoms with van der Waals surface area (Å²) in [6.45, 7) is 1.93. The van der Waals surface area contributed by atoms with Gasteiger partial charge < -0.3 is 4.90 Å². The average Bonchev–Trinajstić information content (AvgIpc) is 2.47. The second-order valence-corrected chi connectivity index (χ2v) is 6.51. The molecule has 1 aromatic heterocycles. The molecule has 1 aliphatic heterocycles. The monoisotopic (exact) mass is 297 g/mol. The molecule has 0 aliphatic carbocycles. The van der Waals surface area contributed by atoms with Crippen LogP contribution in [-0.2, 0) is 10.0 Å². The summed E-state index contributed by atoms with van der Waals surface area (Å²) in [5.41, 5.74) is 3.81. The topological polar surface area (TPSA) is 86.7 Å². The fraction of sp³-hybridized carbons (Fsp3) is 0.500. The predicted molar refractivity (Wildman–Crippen MR) is 78.3 cm³/mol. The fourth-order valence-corrected chi connectivity index (χ4v) is 2.75. The second-order valence-electron chi connectivity index (χ2n) is 4.65. The fourth-order valence-electron chi connectivity index (χ4n) is 1.92. The first kappa shape index (κ1) is 14.9. The molecule has 7 nitrogen and oxygen atoms in total. The molecule has 0 aromatic carbocycles. The Labute approximate surface area is 119 Å². The number of nitrogens with one attached hydrogen (secondary N) is 2. The van der Waals surface area contributed by atoms with Gasteiger partial charge in [0, 0.05) is 37.8 Å². The Morgan fingerprint density at radius 3 is 2.70 bits per heavy atom. The summed E-state index contributed by atoms with van der Waals surface area (Å²) in [5.74, 6) is 0.244. The van der Waals surface area contributed by atoms with Crippen molar-refractivity contribution in [1.29, 1.82) is 0 Å². The van der Waals surface area contributed by atoms with Gasteiger partial charge in [0.05, 0.1) is 0 Å². The molecule has 2 heterocycles. The first-order valence-corrected chi connectivity index (χ1v) is 7.90. The first-order chi connectivity index (χ1) is 9.53. The number of sulfonamides is 1. The van der Waals surface area contributed by atoms with Crippen molar-refractivity contribution < 1.29 is 8.42 Å². The summed E-state index contributed by atoms with van der Waals surface area (Å²) < 4.78 is 26.0. The zero-order valence-electron chi connectivity index (χ0n) is 11.6. The van der Waals surface area contributed by atoms with E-state index in [0.29, 0.717) is 0 Å². The van der Waals surface area contributed by atoms with Gasteiger partial charge in [-0.3, -0.25) is 5.43 Å². The molecular weight excluding hydrogens is 278 g/mol.